The second kappa shape index (κ2) is 9.45. The van der Waals surface area contributed by atoms with Crippen molar-refractivity contribution in [2.75, 3.05) is 13.2 Å². The average molecular weight is 124 g/mol. The van der Waals surface area contributed by atoms with E-state index >= 15 is 0 Å². The summed E-state index contributed by atoms with van der Waals surface area (Å²) < 4.78 is 0. The lowest BCUT2D eigenvalue weighted by Crippen LogP contribution is -2.02. The highest BCUT2D eigenvalue weighted by Gasteiger charge is 1.65. The zero-order valence-electron chi connectivity index (χ0n) is 4.15. The van der Waals surface area contributed by atoms with Crippen molar-refractivity contribution in [3.05, 3.63) is 10.1 Å². The number of nitrogens with two attached hydrogens (primary N) is 1. The number of nitrogens with zero attached hydrogens (tertiary/aromatic N) is 1. The number of hydrogen-bond acceptors (Lipinski definition) is 4. The molecule has 0 aromatic heterocycles. The summed E-state index contributed by atoms with van der Waals surface area (Å²) in [7, 11) is 0. The van der Waals surface area contributed by atoms with Crippen LogP contribution in [0.1, 0.15) is 0 Å². The van der Waals surface area contributed by atoms with Gasteiger partial charge in [-0.2, -0.15) is 0 Å². The van der Waals surface area contributed by atoms with Gasteiger partial charge in [0.15, 0.2) is 0 Å². The fraction of sp³-hybridized carbons (Fsp3) is 1.00. The molecule has 0 amide bonds. The minimum Gasteiger partial charge on any atom is -0.395 e. The summed E-state index contributed by atoms with van der Waals surface area (Å²) in [5, 5.41) is 21.4. The van der Waals surface area contributed by atoms with Gasteiger partial charge in [-0.05, 0) is 0 Å². The van der Waals surface area contributed by atoms with E-state index in [1.165, 1.54) is 0 Å². The number of hydrogen-bond donors (Lipinski definition) is 3. The van der Waals surface area contributed by atoms with Gasteiger partial charge in [0.1, 0.15) is 0 Å². The predicted molar refractivity (Wildman–Crippen MR) is 24.9 cm³/mol. The van der Waals surface area contributed by atoms with Crippen molar-refractivity contribution >= 4 is 0 Å². The Morgan fingerprint density at radius 1 is 1.75 bits per heavy atom. The van der Waals surface area contributed by atoms with Crippen LogP contribution < -0.4 is 5.73 Å². The molecule has 0 saturated carbocycles. The fourth-order valence-corrected chi connectivity index (χ4v) is 0. The molecule has 0 bridgehead atoms. The number of aliphatic hydroxyl groups excluding tert-OH is 1. The van der Waals surface area contributed by atoms with Crippen molar-refractivity contribution in [1.82, 2.24) is 0 Å². The van der Waals surface area contributed by atoms with Crippen LogP contribution in [0.2, 0.25) is 0 Å². The normalized spacial score (nSPS) is 6.75. The Balaban J connectivity index is 0. The van der Waals surface area contributed by atoms with E-state index in [0.29, 0.717) is 6.54 Å². The third-order valence-corrected chi connectivity index (χ3v) is 0.129. The van der Waals surface area contributed by atoms with E-state index in [4.69, 9.17) is 26.2 Å². The highest BCUT2D eigenvalue weighted by molar-refractivity contribution is 4.17. The lowest BCUT2D eigenvalue weighted by Gasteiger charge is -1.71. The molecule has 0 atom stereocenters. The maximum Gasteiger partial charge on any atom is 0.291 e. The van der Waals surface area contributed by atoms with Gasteiger partial charge in [0.2, 0.25) is 0 Å². The Morgan fingerprint density at radius 3 is 1.88 bits per heavy atom. The van der Waals surface area contributed by atoms with Gasteiger partial charge in [-0.25, -0.2) is 0 Å². The van der Waals surface area contributed by atoms with Gasteiger partial charge in [-0.15, -0.1) is 10.1 Å². The minimum absolute atomic E-state index is 0.0972. The predicted octanol–water partition coefficient (Wildman–Crippen LogP) is -1.41. The smallest absolute Gasteiger partial charge is 0.291 e. The van der Waals surface area contributed by atoms with Crippen molar-refractivity contribution in [2.45, 2.75) is 0 Å². The summed E-state index contributed by atoms with van der Waals surface area (Å²) in [6, 6.07) is 0. The average Bonchev–Trinajstić information content (AvgIpc) is 1.65. The molecule has 0 saturated heterocycles. The van der Waals surface area contributed by atoms with Crippen LogP contribution in [0.3, 0.4) is 0 Å². The maximum absolute atomic E-state index is 8.36. The first-order chi connectivity index (χ1) is 3.65. The maximum atomic E-state index is 8.36. The zero-order chi connectivity index (χ0) is 6.99. The third kappa shape index (κ3) is 6040. The first-order valence-electron chi connectivity index (χ1n) is 1.79. The van der Waals surface area contributed by atoms with E-state index in [9.17, 15) is 0 Å². The summed E-state index contributed by atoms with van der Waals surface area (Å²) in [4.78, 5) is 8.36. The summed E-state index contributed by atoms with van der Waals surface area (Å²) >= 11 is 0. The van der Waals surface area contributed by atoms with Gasteiger partial charge in [0, 0.05) is 6.54 Å². The zero-order valence-corrected chi connectivity index (χ0v) is 4.15. The topological polar surface area (TPSA) is 110 Å². The summed E-state index contributed by atoms with van der Waals surface area (Å²) in [6.45, 7) is 0.472. The molecule has 50 valence electrons. The lowest BCUT2D eigenvalue weighted by molar-refractivity contribution is -0.742. The van der Waals surface area contributed by atoms with Crippen LogP contribution in [0.15, 0.2) is 0 Å². The Bertz CT molecular complexity index is 50.0. The van der Waals surface area contributed by atoms with E-state index in [1.54, 1.807) is 0 Å². The molecule has 0 aromatic rings. The van der Waals surface area contributed by atoms with Gasteiger partial charge in [0.05, 0.1) is 6.61 Å². The largest absolute Gasteiger partial charge is 0.395 e. The quantitative estimate of drug-likeness (QED) is 0.294. The van der Waals surface area contributed by atoms with Gasteiger partial charge in [-0.3, -0.25) is 0 Å². The molecule has 0 heterocycles. The van der Waals surface area contributed by atoms with E-state index in [0.717, 1.165) is 0 Å². The van der Waals surface area contributed by atoms with Crippen LogP contribution in [-0.4, -0.2) is 28.6 Å². The van der Waals surface area contributed by atoms with Crippen LogP contribution >= 0.6 is 0 Å². The van der Waals surface area contributed by atoms with Crippen molar-refractivity contribution in [3.8, 4) is 0 Å². The molecule has 6 nitrogen and oxygen atoms in total. The molecule has 0 unspecified atom stereocenters. The van der Waals surface area contributed by atoms with E-state index in [1.807, 2.05) is 0 Å². The number of rotatable bonds is 1. The fourth-order valence-electron chi connectivity index (χ4n) is 0. The first kappa shape index (κ1) is 10.2. The molecule has 0 aliphatic rings. The van der Waals surface area contributed by atoms with Crippen molar-refractivity contribution in [2.24, 2.45) is 5.73 Å². The summed E-state index contributed by atoms with van der Waals surface area (Å²) in [6.07, 6.45) is 0. The monoisotopic (exact) mass is 124 g/mol. The molecule has 0 aliphatic carbocycles. The highest BCUT2D eigenvalue weighted by atomic mass is 16.9. The van der Waals surface area contributed by atoms with E-state index in [2.05, 4.69) is 0 Å². The van der Waals surface area contributed by atoms with Gasteiger partial charge < -0.3 is 16.0 Å². The van der Waals surface area contributed by atoms with Crippen molar-refractivity contribution in [3.63, 3.8) is 0 Å². The SMILES string of the molecule is NCCO.O=[N+]([O-])O. The van der Waals surface area contributed by atoms with Crippen molar-refractivity contribution in [1.29, 1.82) is 0 Å². The molecule has 0 rings (SSSR count). The molecule has 0 fully saturated rings. The summed E-state index contributed by atoms with van der Waals surface area (Å²) in [5.74, 6) is 0. The van der Waals surface area contributed by atoms with Crippen LogP contribution in [0.5, 0.6) is 0 Å². The minimum atomic E-state index is -1.50. The van der Waals surface area contributed by atoms with Gasteiger partial charge in [-0.1, -0.05) is 0 Å². The van der Waals surface area contributed by atoms with Crippen LogP contribution in [0.4, 0.5) is 0 Å². The first-order valence-corrected chi connectivity index (χ1v) is 1.79. The highest BCUT2D eigenvalue weighted by Crippen LogP contribution is 1.38. The van der Waals surface area contributed by atoms with Crippen LogP contribution in [-0.2, 0) is 0 Å². The van der Waals surface area contributed by atoms with E-state index in [-0.39, 0.29) is 6.61 Å². The molecule has 0 radical (unpaired) electrons. The molecule has 8 heavy (non-hydrogen) atoms. The second-order valence-electron chi connectivity index (χ2n) is 0.750. The third-order valence-electron chi connectivity index (χ3n) is 0.129. The van der Waals surface area contributed by atoms with Crippen LogP contribution in [0.25, 0.3) is 0 Å². The van der Waals surface area contributed by atoms with Gasteiger partial charge >= 0.3 is 0 Å². The van der Waals surface area contributed by atoms with Gasteiger partial charge in [0.25, 0.3) is 5.09 Å². The standard InChI is InChI=1S/C2H7NO.HNO3/c3-1-2-4;2-1(3)4/h4H,1-3H2;(H,2,3,4). The van der Waals surface area contributed by atoms with Crippen LogP contribution in [0, 0.1) is 10.1 Å². The number of aliphatic hydroxyl groups is 1. The molecular formula is C2H8N2O4. The molecule has 0 aliphatic heterocycles. The molecule has 0 aromatic carbocycles. The molecule has 4 N–H and O–H groups in total. The van der Waals surface area contributed by atoms with Crippen molar-refractivity contribution < 1.29 is 15.4 Å². The molecule has 0 spiro atoms. The summed E-state index contributed by atoms with van der Waals surface area (Å²) in [5.41, 5.74) is 4.78. The Hall–Kier alpha value is -0.880. The Labute approximate surface area is 45.6 Å². The second-order valence-corrected chi connectivity index (χ2v) is 0.750. The molecule has 6 heteroatoms. The van der Waals surface area contributed by atoms with E-state index < -0.39 is 5.09 Å². The Morgan fingerprint density at radius 2 is 1.88 bits per heavy atom. The lowest BCUT2D eigenvalue weighted by atomic mass is 10.8. The molecular weight excluding hydrogens is 116 g/mol. The Kier molecular flexibility index (Phi) is 12.0.